The number of amides is 1. The first-order chi connectivity index (χ1) is 10.5. The van der Waals surface area contributed by atoms with Crippen molar-refractivity contribution < 1.29 is 18.7 Å². The maximum atomic E-state index is 13.6. The van der Waals surface area contributed by atoms with E-state index in [0.29, 0.717) is 11.5 Å². The molecule has 0 aromatic heterocycles. The third-order valence-corrected chi connectivity index (χ3v) is 3.95. The molecule has 0 heterocycles. The molecule has 1 aromatic rings. The summed E-state index contributed by atoms with van der Waals surface area (Å²) in [5.74, 6) is -2.40. The minimum absolute atomic E-state index is 0.0236. The van der Waals surface area contributed by atoms with Crippen LogP contribution in [0.25, 0.3) is 10.4 Å². The lowest BCUT2D eigenvalue weighted by Crippen LogP contribution is -2.08. The smallest absolute Gasteiger partial charge is 0.316 e. The maximum Gasteiger partial charge on any atom is 0.316 e. The molecular weight excluding hydrogens is 333 g/mol. The van der Waals surface area contributed by atoms with Crippen LogP contribution in [0, 0.1) is 5.82 Å². The van der Waals surface area contributed by atoms with E-state index in [9.17, 15) is 14.0 Å². The molecule has 0 unspecified atom stereocenters. The Balaban J connectivity index is 2.78. The van der Waals surface area contributed by atoms with Gasteiger partial charge in [0.25, 0.3) is 5.91 Å². The van der Waals surface area contributed by atoms with E-state index in [-0.39, 0.29) is 10.8 Å². The van der Waals surface area contributed by atoms with Gasteiger partial charge in [0.05, 0.1) is 22.9 Å². The molecule has 0 fully saturated rings. The number of esters is 1. The van der Waals surface area contributed by atoms with Crippen molar-refractivity contribution in [3.8, 4) is 0 Å². The highest BCUT2D eigenvalue weighted by atomic mass is 35.5. The van der Waals surface area contributed by atoms with Crippen molar-refractivity contribution in [1.29, 1.82) is 0 Å². The number of halogens is 2. The van der Waals surface area contributed by atoms with Crippen molar-refractivity contribution in [2.75, 3.05) is 12.4 Å². The fourth-order valence-corrected chi connectivity index (χ4v) is 2.48. The number of hydrogen-bond donors (Lipinski definition) is 0. The van der Waals surface area contributed by atoms with Gasteiger partial charge in [-0.15, -0.1) is 11.8 Å². The van der Waals surface area contributed by atoms with Crippen LogP contribution in [0.5, 0.6) is 0 Å². The molecule has 118 valence electrons. The van der Waals surface area contributed by atoms with E-state index in [1.165, 1.54) is 0 Å². The maximum absolute atomic E-state index is 13.6. The van der Waals surface area contributed by atoms with Gasteiger partial charge in [0.2, 0.25) is 0 Å². The van der Waals surface area contributed by atoms with Crippen LogP contribution in [0.4, 0.5) is 4.39 Å². The Bertz CT molecular complexity index is 621. The van der Waals surface area contributed by atoms with Gasteiger partial charge in [0.1, 0.15) is 5.82 Å². The molecule has 0 radical (unpaired) electrons. The number of rotatable bonds is 7. The van der Waals surface area contributed by atoms with Crippen molar-refractivity contribution in [2.45, 2.75) is 24.7 Å². The summed E-state index contributed by atoms with van der Waals surface area (Å²) >= 11 is 6.88. The Kier molecular flexibility index (Phi) is 7.73. The lowest BCUT2D eigenvalue weighted by molar-refractivity contribution is -0.140. The first-order valence-corrected chi connectivity index (χ1v) is 7.72. The van der Waals surface area contributed by atoms with E-state index in [2.05, 4.69) is 10.0 Å². The van der Waals surface area contributed by atoms with Gasteiger partial charge in [0, 0.05) is 9.81 Å². The number of unbranched alkanes of at least 4 members (excludes halogenated alkanes) is 1. The first kappa shape index (κ1) is 18.3. The Morgan fingerprint density at radius 2 is 2.23 bits per heavy atom. The summed E-state index contributed by atoms with van der Waals surface area (Å²) in [7, 11) is 0. The summed E-state index contributed by atoms with van der Waals surface area (Å²) in [5, 5.41) is 2.89. The standard InChI is InChI=1S/C13H13ClFN3O3S/c1-2-3-4-21-12(19)7-22-11-5-8(13(20)17-18-16)10(15)6-9(11)14/h5-6H,2-4,7H2,1H3. The molecule has 0 aliphatic rings. The van der Waals surface area contributed by atoms with Crippen LogP contribution in [0.1, 0.15) is 30.1 Å². The molecule has 0 saturated carbocycles. The molecule has 0 atom stereocenters. The van der Waals surface area contributed by atoms with Gasteiger partial charge in [0.15, 0.2) is 0 Å². The van der Waals surface area contributed by atoms with E-state index in [4.69, 9.17) is 21.9 Å². The number of carbonyl (C=O) groups is 2. The highest BCUT2D eigenvalue weighted by Gasteiger charge is 2.15. The summed E-state index contributed by atoms with van der Waals surface area (Å²) in [6, 6.07) is 2.09. The highest BCUT2D eigenvalue weighted by Crippen LogP contribution is 2.30. The zero-order chi connectivity index (χ0) is 16.5. The van der Waals surface area contributed by atoms with Crippen molar-refractivity contribution in [2.24, 2.45) is 5.11 Å². The lowest BCUT2D eigenvalue weighted by Gasteiger charge is -2.07. The second-order valence-corrected chi connectivity index (χ2v) is 5.54. The number of azide groups is 1. The van der Waals surface area contributed by atoms with Gasteiger partial charge in [-0.05, 0) is 29.2 Å². The normalized spacial score (nSPS) is 9.95. The highest BCUT2D eigenvalue weighted by molar-refractivity contribution is 8.00. The van der Waals surface area contributed by atoms with Crippen LogP contribution in [-0.4, -0.2) is 24.2 Å². The van der Waals surface area contributed by atoms with E-state index in [1.54, 1.807) is 0 Å². The van der Waals surface area contributed by atoms with Crippen LogP contribution >= 0.6 is 23.4 Å². The predicted molar refractivity (Wildman–Crippen MR) is 81.5 cm³/mol. The van der Waals surface area contributed by atoms with E-state index >= 15 is 0 Å². The minimum Gasteiger partial charge on any atom is -0.465 e. The quantitative estimate of drug-likeness (QED) is 0.183. The van der Waals surface area contributed by atoms with Gasteiger partial charge in [-0.1, -0.05) is 24.9 Å². The monoisotopic (exact) mass is 345 g/mol. The molecular formula is C13H13ClFN3O3S. The third-order valence-electron chi connectivity index (χ3n) is 2.49. The predicted octanol–water partition coefficient (Wildman–Crippen LogP) is 4.37. The molecule has 0 spiro atoms. The molecule has 6 nitrogen and oxygen atoms in total. The molecule has 1 rings (SSSR count). The number of benzene rings is 1. The molecule has 1 amide bonds. The van der Waals surface area contributed by atoms with Gasteiger partial charge < -0.3 is 4.74 Å². The van der Waals surface area contributed by atoms with E-state index < -0.39 is 23.3 Å². The zero-order valence-electron chi connectivity index (χ0n) is 11.7. The van der Waals surface area contributed by atoms with Crippen LogP contribution in [0.2, 0.25) is 5.02 Å². The van der Waals surface area contributed by atoms with Crippen molar-refractivity contribution in [3.63, 3.8) is 0 Å². The molecule has 0 bridgehead atoms. The van der Waals surface area contributed by atoms with Crippen LogP contribution in [0.3, 0.4) is 0 Å². The fourth-order valence-electron chi connectivity index (χ4n) is 1.41. The lowest BCUT2D eigenvalue weighted by atomic mass is 10.2. The van der Waals surface area contributed by atoms with Crippen molar-refractivity contribution in [1.82, 2.24) is 0 Å². The molecule has 9 heteroatoms. The Labute approximate surface area is 135 Å². The van der Waals surface area contributed by atoms with E-state index in [1.807, 2.05) is 6.92 Å². The van der Waals surface area contributed by atoms with Crippen LogP contribution in [-0.2, 0) is 9.53 Å². The largest absolute Gasteiger partial charge is 0.465 e. The summed E-state index contributed by atoms with van der Waals surface area (Å²) in [6.07, 6.45) is 1.69. The molecule has 0 aliphatic carbocycles. The first-order valence-electron chi connectivity index (χ1n) is 6.36. The Morgan fingerprint density at radius 3 is 2.86 bits per heavy atom. The second-order valence-electron chi connectivity index (χ2n) is 4.12. The molecule has 0 aliphatic heterocycles. The molecule has 0 N–H and O–H groups in total. The van der Waals surface area contributed by atoms with Crippen molar-refractivity contribution in [3.05, 3.63) is 39.0 Å². The number of nitrogens with zero attached hydrogens (tertiary/aromatic N) is 3. The third kappa shape index (κ3) is 5.55. The topological polar surface area (TPSA) is 92.1 Å². The van der Waals surface area contributed by atoms with Gasteiger partial charge >= 0.3 is 5.97 Å². The zero-order valence-corrected chi connectivity index (χ0v) is 13.3. The molecule has 1 aromatic carbocycles. The van der Waals surface area contributed by atoms with Gasteiger partial charge in [-0.25, -0.2) is 4.39 Å². The second kappa shape index (κ2) is 9.30. The summed E-state index contributed by atoms with van der Waals surface area (Å²) in [4.78, 5) is 25.6. The average Bonchev–Trinajstić information content (AvgIpc) is 2.46. The van der Waals surface area contributed by atoms with Crippen LogP contribution < -0.4 is 0 Å². The molecule has 0 saturated heterocycles. The number of carbonyl (C=O) groups excluding carboxylic acids is 2. The minimum atomic E-state index is -1.05. The Morgan fingerprint density at radius 1 is 1.50 bits per heavy atom. The SMILES string of the molecule is CCCCOC(=O)CSc1cc(C(=O)N=[N+]=[N-])c(F)cc1Cl. The fraction of sp³-hybridized carbons (Fsp3) is 0.385. The number of thioether (sulfide) groups is 1. The van der Waals surface area contributed by atoms with E-state index in [0.717, 1.165) is 36.7 Å². The number of ether oxygens (including phenoxy) is 1. The number of hydrogen-bond acceptors (Lipinski definition) is 4. The van der Waals surface area contributed by atoms with Crippen LogP contribution in [0.15, 0.2) is 22.1 Å². The summed E-state index contributed by atoms with van der Waals surface area (Å²) < 4.78 is 18.6. The average molecular weight is 346 g/mol. The van der Waals surface area contributed by atoms with Gasteiger partial charge in [-0.2, -0.15) is 0 Å². The Hall–Kier alpha value is -1.76. The summed E-state index contributed by atoms with van der Waals surface area (Å²) in [6.45, 7) is 2.32. The van der Waals surface area contributed by atoms with Gasteiger partial charge in [-0.3, -0.25) is 9.59 Å². The summed E-state index contributed by atoms with van der Waals surface area (Å²) in [5.41, 5.74) is 7.82. The molecule has 22 heavy (non-hydrogen) atoms. The van der Waals surface area contributed by atoms with Crippen molar-refractivity contribution >= 4 is 35.2 Å².